The number of nitrogens with one attached hydrogen (secondary N) is 1. The highest BCUT2D eigenvalue weighted by Gasteiger charge is 2.31. The lowest BCUT2D eigenvalue weighted by Gasteiger charge is -2.38. The van der Waals surface area contributed by atoms with Crippen LogP contribution in [0.5, 0.6) is 5.75 Å². The van der Waals surface area contributed by atoms with E-state index in [0.717, 1.165) is 50.0 Å². The number of likely N-dealkylation sites (tertiary alicyclic amines) is 1. The first kappa shape index (κ1) is 20.8. The zero-order valence-corrected chi connectivity index (χ0v) is 17.7. The van der Waals surface area contributed by atoms with Crippen molar-refractivity contribution < 1.29 is 19.4 Å². The Balaban J connectivity index is 1.54. The summed E-state index contributed by atoms with van der Waals surface area (Å²) in [5, 5.41) is 12.4. The van der Waals surface area contributed by atoms with E-state index in [1.807, 2.05) is 6.07 Å². The van der Waals surface area contributed by atoms with Gasteiger partial charge in [0.1, 0.15) is 11.3 Å². The molecule has 0 saturated carbocycles. The number of amides is 2. The van der Waals surface area contributed by atoms with E-state index in [0.29, 0.717) is 36.1 Å². The molecule has 2 aromatic rings. The van der Waals surface area contributed by atoms with Crippen molar-refractivity contribution in [3.05, 3.63) is 23.9 Å². The Bertz CT molecular complexity index is 905. The molecule has 0 bridgehead atoms. The molecule has 0 aliphatic carbocycles. The average Bonchev–Trinajstić information content (AvgIpc) is 2.79. The van der Waals surface area contributed by atoms with Crippen LogP contribution in [-0.2, 0) is 4.74 Å². The summed E-state index contributed by atoms with van der Waals surface area (Å²) in [6.07, 6.45) is 5.10. The predicted octanol–water partition coefficient (Wildman–Crippen LogP) is 3.16. The molecule has 2 saturated heterocycles. The summed E-state index contributed by atoms with van der Waals surface area (Å²) in [5.74, 6) is 1.43. The monoisotopic (exact) mass is 414 g/mol. The minimum absolute atomic E-state index is 0.104. The first-order chi connectivity index (χ1) is 14.5. The van der Waals surface area contributed by atoms with E-state index in [4.69, 9.17) is 9.47 Å². The van der Waals surface area contributed by atoms with Gasteiger partial charge in [-0.05, 0) is 48.6 Å². The Labute approximate surface area is 176 Å². The summed E-state index contributed by atoms with van der Waals surface area (Å²) in [6.45, 7) is 4.94. The fourth-order valence-electron chi connectivity index (χ4n) is 4.25. The van der Waals surface area contributed by atoms with Gasteiger partial charge >= 0.3 is 6.03 Å². The third-order valence-electron chi connectivity index (χ3n) is 6.45. The molecule has 2 aliphatic rings. The lowest BCUT2D eigenvalue weighted by Crippen LogP contribution is -2.45. The molecule has 8 nitrogen and oxygen atoms in total. The van der Waals surface area contributed by atoms with E-state index in [2.05, 4.69) is 28.3 Å². The number of aliphatic hydroxyl groups is 1. The minimum Gasteiger partial charge on any atom is -0.494 e. The van der Waals surface area contributed by atoms with Crippen molar-refractivity contribution in [3.8, 4) is 5.75 Å². The fourth-order valence-corrected chi connectivity index (χ4v) is 4.25. The summed E-state index contributed by atoms with van der Waals surface area (Å²) in [7, 11) is 1.61. The molecule has 0 atom stereocenters. The van der Waals surface area contributed by atoms with Crippen LogP contribution >= 0.6 is 0 Å². The molecule has 2 aliphatic heterocycles. The lowest BCUT2D eigenvalue weighted by molar-refractivity contribution is 0.0727. The Morgan fingerprint density at radius 1 is 1.30 bits per heavy atom. The van der Waals surface area contributed by atoms with Crippen molar-refractivity contribution in [1.29, 1.82) is 0 Å². The average molecular weight is 415 g/mol. The molecular weight excluding hydrogens is 384 g/mol. The zero-order chi connectivity index (χ0) is 21.1. The molecule has 162 valence electrons. The number of carbonyl (C=O) groups is 1. The normalized spacial score (nSPS) is 19.6. The Morgan fingerprint density at radius 3 is 2.70 bits per heavy atom. The van der Waals surface area contributed by atoms with Crippen LogP contribution in [0.2, 0.25) is 0 Å². The number of benzene rings is 1. The van der Waals surface area contributed by atoms with Gasteiger partial charge in [-0.25, -0.2) is 9.78 Å². The number of carbonyl (C=O) groups excluding carboxylic acids is 1. The zero-order valence-electron chi connectivity index (χ0n) is 17.7. The molecule has 0 radical (unpaired) electrons. The van der Waals surface area contributed by atoms with Crippen molar-refractivity contribution >= 4 is 22.9 Å². The van der Waals surface area contributed by atoms with Gasteiger partial charge in [0.2, 0.25) is 0 Å². The van der Waals surface area contributed by atoms with E-state index >= 15 is 0 Å². The molecule has 3 heterocycles. The number of piperidine rings is 1. The van der Waals surface area contributed by atoms with Gasteiger partial charge < -0.3 is 19.5 Å². The quantitative estimate of drug-likeness (QED) is 0.798. The number of nitrogens with zero attached hydrogens (tertiary/aromatic N) is 3. The number of aromatic nitrogens is 2. The van der Waals surface area contributed by atoms with Gasteiger partial charge in [0, 0.05) is 32.9 Å². The van der Waals surface area contributed by atoms with Gasteiger partial charge in [-0.2, -0.15) is 0 Å². The van der Waals surface area contributed by atoms with Crippen molar-refractivity contribution in [2.45, 2.75) is 38.5 Å². The fraction of sp³-hybridized carbons (Fsp3) is 0.591. The van der Waals surface area contributed by atoms with Crippen molar-refractivity contribution in [2.24, 2.45) is 5.41 Å². The number of ether oxygens (including phenoxy) is 2. The van der Waals surface area contributed by atoms with Crippen LogP contribution in [0.3, 0.4) is 0 Å². The molecule has 2 fully saturated rings. The van der Waals surface area contributed by atoms with E-state index < -0.39 is 0 Å². The van der Waals surface area contributed by atoms with Crippen molar-refractivity contribution in [1.82, 2.24) is 14.9 Å². The number of aliphatic hydroxyl groups excluding tert-OH is 1. The Hall–Kier alpha value is -2.45. The second-order valence-corrected chi connectivity index (χ2v) is 8.58. The van der Waals surface area contributed by atoms with E-state index in [1.165, 1.54) is 0 Å². The summed E-state index contributed by atoms with van der Waals surface area (Å²) in [4.78, 5) is 23.8. The molecule has 1 aromatic heterocycles. The standard InChI is InChI=1S/C22H30N4O4/c1-22(14-27)7-9-26(10-8-22)21(28)25-18-13-23-19-16(15-5-11-30-12-6-15)3-4-17(29-2)20(19)24-18/h3-4,13,15,27H,5-12,14H2,1-2H3,(H,24,25,28). The van der Waals surface area contributed by atoms with Crippen molar-refractivity contribution in [3.63, 3.8) is 0 Å². The second kappa shape index (κ2) is 8.73. The third-order valence-corrected chi connectivity index (χ3v) is 6.45. The van der Waals surface area contributed by atoms with E-state index in [1.54, 1.807) is 18.2 Å². The van der Waals surface area contributed by atoms with Crippen LogP contribution in [0, 0.1) is 5.41 Å². The number of urea groups is 1. The van der Waals surface area contributed by atoms with Gasteiger partial charge in [0.05, 0.1) is 18.8 Å². The second-order valence-electron chi connectivity index (χ2n) is 8.58. The van der Waals surface area contributed by atoms with Crippen LogP contribution in [-0.4, -0.2) is 66.0 Å². The number of rotatable bonds is 4. The maximum Gasteiger partial charge on any atom is 0.323 e. The molecule has 1 aromatic carbocycles. The number of anilines is 1. The number of hydrogen-bond acceptors (Lipinski definition) is 6. The maximum absolute atomic E-state index is 12.7. The number of hydrogen-bond donors (Lipinski definition) is 2. The van der Waals surface area contributed by atoms with Gasteiger partial charge in [-0.1, -0.05) is 13.0 Å². The molecule has 2 N–H and O–H groups in total. The topological polar surface area (TPSA) is 96.8 Å². The van der Waals surface area contributed by atoms with Crippen LogP contribution in [0.25, 0.3) is 11.0 Å². The van der Waals surface area contributed by atoms with Gasteiger partial charge in [-0.3, -0.25) is 10.3 Å². The van der Waals surface area contributed by atoms with Crippen LogP contribution in [0.15, 0.2) is 18.3 Å². The van der Waals surface area contributed by atoms with E-state index in [9.17, 15) is 9.90 Å². The lowest BCUT2D eigenvalue weighted by atomic mass is 9.81. The summed E-state index contributed by atoms with van der Waals surface area (Å²) in [5.41, 5.74) is 2.52. The summed E-state index contributed by atoms with van der Waals surface area (Å²) >= 11 is 0. The van der Waals surface area contributed by atoms with Crippen LogP contribution in [0.1, 0.15) is 44.1 Å². The molecular formula is C22H30N4O4. The number of fused-ring (bicyclic) bond motifs is 1. The summed E-state index contributed by atoms with van der Waals surface area (Å²) < 4.78 is 11.0. The molecule has 30 heavy (non-hydrogen) atoms. The molecule has 8 heteroatoms. The molecule has 0 unspecified atom stereocenters. The SMILES string of the molecule is COc1ccc(C2CCOCC2)c2ncc(NC(=O)N3CCC(C)(CO)CC3)nc12. The highest BCUT2D eigenvalue weighted by molar-refractivity contribution is 5.91. The van der Waals surface area contributed by atoms with Crippen LogP contribution in [0.4, 0.5) is 10.6 Å². The third kappa shape index (κ3) is 4.20. The Kier molecular flexibility index (Phi) is 6.06. The summed E-state index contributed by atoms with van der Waals surface area (Å²) in [6, 6.07) is 3.80. The highest BCUT2D eigenvalue weighted by atomic mass is 16.5. The largest absolute Gasteiger partial charge is 0.494 e. The first-order valence-electron chi connectivity index (χ1n) is 10.6. The molecule has 2 amide bonds. The van der Waals surface area contributed by atoms with E-state index in [-0.39, 0.29) is 18.1 Å². The molecule has 0 spiro atoms. The number of methoxy groups -OCH3 is 1. The first-order valence-corrected chi connectivity index (χ1v) is 10.6. The Morgan fingerprint density at radius 2 is 2.03 bits per heavy atom. The molecule has 4 rings (SSSR count). The van der Waals surface area contributed by atoms with Crippen molar-refractivity contribution in [2.75, 3.05) is 45.3 Å². The van der Waals surface area contributed by atoms with Gasteiger partial charge in [0.15, 0.2) is 5.82 Å². The van der Waals surface area contributed by atoms with Gasteiger partial charge in [-0.15, -0.1) is 0 Å². The maximum atomic E-state index is 12.7. The predicted molar refractivity (Wildman–Crippen MR) is 114 cm³/mol. The van der Waals surface area contributed by atoms with Gasteiger partial charge in [0.25, 0.3) is 0 Å². The smallest absolute Gasteiger partial charge is 0.323 e. The minimum atomic E-state index is -0.191. The van der Waals surface area contributed by atoms with Crippen LogP contribution < -0.4 is 10.1 Å². The highest BCUT2D eigenvalue weighted by Crippen LogP contribution is 2.35.